The quantitative estimate of drug-likeness (QED) is 0.402. The summed E-state index contributed by atoms with van der Waals surface area (Å²) >= 11 is 0. The molecule has 0 aliphatic carbocycles. The van der Waals surface area contributed by atoms with Crippen LogP contribution in [0, 0.1) is 0 Å². The van der Waals surface area contributed by atoms with Crippen LogP contribution in [0.1, 0.15) is 0 Å². The molecular weight excluding hydrogens is 266 g/mol. The molecule has 0 aromatic heterocycles. The molecule has 0 radical (unpaired) electrons. The average molecular weight is 268 g/mol. The van der Waals surface area contributed by atoms with Crippen molar-refractivity contribution in [3.05, 3.63) is 0 Å². The number of carbonyl (C=O) groups excluding carboxylic acids is 1. The van der Waals surface area contributed by atoms with E-state index in [0.29, 0.717) is 0 Å². The van der Waals surface area contributed by atoms with Crippen molar-refractivity contribution in [3.8, 4) is 0 Å². The largest absolute Gasteiger partial charge is 2.00 e. The van der Waals surface area contributed by atoms with Crippen LogP contribution in [-0.4, -0.2) is 66.4 Å². The van der Waals surface area contributed by atoms with Gasteiger partial charge in [0.25, 0.3) is 0 Å². The molecule has 0 aliphatic rings. The van der Waals surface area contributed by atoms with Gasteiger partial charge in [-0.3, -0.25) is 0 Å². The number of carboxylic acid groups (broad SMARTS) is 6. The number of carbonyl (C=O) groups is 3. The Balaban J connectivity index is -0.0000000184. The molecule has 15 heavy (non-hydrogen) atoms. The standard InChI is InChI=1S/3CH2O3.Ca.2Na/c3*2-1(3)4;;;/h3*(H2,2,3,4);;;/q;;;+2;2*+1/p-4. The van der Waals surface area contributed by atoms with Crippen LogP contribution in [0.5, 0.6) is 0 Å². The van der Waals surface area contributed by atoms with Crippen LogP contribution < -0.4 is 79.5 Å². The molecule has 0 rings (SSSR count). The Hall–Kier alpha value is 1.07. The van der Waals surface area contributed by atoms with E-state index in [1.54, 1.807) is 0 Å². The van der Waals surface area contributed by atoms with E-state index in [0.717, 1.165) is 0 Å². The van der Waals surface area contributed by atoms with Crippen LogP contribution in [0.3, 0.4) is 0 Å². The molecule has 0 atom stereocenters. The predicted octanol–water partition coefficient (Wildman–Crippen LogP) is -11.0. The van der Waals surface area contributed by atoms with Crippen molar-refractivity contribution in [2.45, 2.75) is 0 Å². The zero-order valence-electron chi connectivity index (χ0n) is 7.96. The van der Waals surface area contributed by atoms with Crippen molar-refractivity contribution in [2.75, 3.05) is 0 Å². The molecule has 0 heterocycles. The maximum Gasteiger partial charge on any atom is 2.00 e. The fraction of sp³-hybridized carbons (Fsp3) is 0. The van der Waals surface area contributed by atoms with Crippen molar-refractivity contribution in [1.82, 2.24) is 0 Å². The first kappa shape index (κ1) is 36.0. The van der Waals surface area contributed by atoms with E-state index in [1.807, 2.05) is 0 Å². The first-order chi connectivity index (χ1) is 5.20. The topological polar surface area (TPSA) is 184 Å². The molecule has 0 saturated heterocycles. The number of hydrogen-bond acceptors (Lipinski definition) is 7. The molecule has 12 heteroatoms. The molecule has 72 valence electrons. The molecule has 0 aliphatic heterocycles. The zero-order chi connectivity index (χ0) is 10.7. The Labute approximate surface area is 158 Å². The summed E-state index contributed by atoms with van der Waals surface area (Å²) in [6.07, 6.45) is -6.50. The summed E-state index contributed by atoms with van der Waals surface area (Å²) in [5.74, 6) is 0. The van der Waals surface area contributed by atoms with Crippen molar-refractivity contribution in [1.29, 1.82) is 0 Å². The van der Waals surface area contributed by atoms with Crippen LogP contribution in [-0.2, 0) is 0 Å². The summed E-state index contributed by atoms with van der Waals surface area (Å²) in [5.41, 5.74) is 0. The van der Waals surface area contributed by atoms with Gasteiger partial charge in [0.15, 0.2) is 0 Å². The summed E-state index contributed by atoms with van der Waals surface area (Å²) < 4.78 is 0. The Kier molecular flexibility index (Phi) is 70.6. The first-order valence-corrected chi connectivity index (χ1v) is 1.88. The minimum absolute atomic E-state index is 0. The second kappa shape index (κ2) is 29.4. The summed E-state index contributed by atoms with van der Waals surface area (Å²) in [4.78, 5) is 25.2. The van der Waals surface area contributed by atoms with Gasteiger partial charge >= 0.3 is 96.9 Å². The summed E-state index contributed by atoms with van der Waals surface area (Å²) in [5, 5.41) is 47.3. The van der Waals surface area contributed by atoms with Gasteiger partial charge in [0.05, 0.1) is 0 Å². The minimum Gasteiger partial charge on any atom is -0.652 e. The fourth-order valence-corrected chi connectivity index (χ4v) is 0. The Bertz CT molecular complexity index is 121. The van der Waals surface area contributed by atoms with E-state index in [9.17, 15) is 0 Å². The third-order valence-corrected chi connectivity index (χ3v) is 0. The van der Waals surface area contributed by atoms with E-state index >= 15 is 0 Å². The molecule has 2 N–H and O–H groups in total. The molecule has 0 aromatic carbocycles. The van der Waals surface area contributed by atoms with Gasteiger partial charge in [-0.05, 0) is 6.16 Å². The third kappa shape index (κ3) is 2250. The minimum atomic E-state index is -2.33. The van der Waals surface area contributed by atoms with Gasteiger partial charge in [-0.1, -0.05) is 0 Å². The van der Waals surface area contributed by atoms with Gasteiger partial charge in [-0.25, -0.2) is 0 Å². The molecule has 0 aromatic rings. The summed E-state index contributed by atoms with van der Waals surface area (Å²) in [6.45, 7) is 0. The van der Waals surface area contributed by atoms with Crippen LogP contribution in [0.25, 0.3) is 0 Å². The van der Waals surface area contributed by atoms with Crippen molar-refractivity contribution < 1.29 is 104 Å². The predicted molar refractivity (Wildman–Crippen MR) is 27.2 cm³/mol. The maximum atomic E-state index is 8.44. The van der Waals surface area contributed by atoms with E-state index in [2.05, 4.69) is 0 Å². The van der Waals surface area contributed by atoms with Gasteiger partial charge in [-0.2, -0.15) is 0 Å². The molecule has 0 saturated carbocycles. The Morgan fingerprint density at radius 3 is 0.733 bits per heavy atom. The number of hydrogen-bond donors (Lipinski definition) is 2. The third-order valence-electron chi connectivity index (χ3n) is 0. The fourth-order valence-electron chi connectivity index (χ4n) is 0. The van der Waals surface area contributed by atoms with Crippen molar-refractivity contribution in [2.24, 2.45) is 0 Å². The smallest absolute Gasteiger partial charge is 0.652 e. The van der Waals surface area contributed by atoms with Crippen LogP contribution in [0.2, 0.25) is 0 Å². The Morgan fingerprint density at radius 1 is 0.733 bits per heavy atom. The van der Waals surface area contributed by atoms with Gasteiger partial charge in [0, 0.05) is 0 Å². The molecule has 0 spiro atoms. The monoisotopic (exact) mass is 268 g/mol. The summed E-state index contributed by atoms with van der Waals surface area (Å²) in [6, 6.07) is 0. The van der Waals surface area contributed by atoms with Gasteiger partial charge in [0.2, 0.25) is 12.3 Å². The Morgan fingerprint density at radius 2 is 0.733 bits per heavy atom. The molecule has 0 unspecified atom stereocenters. The maximum absolute atomic E-state index is 8.44. The van der Waals surface area contributed by atoms with E-state index in [4.69, 9.17) is 45.0 Å². The number of rotatable bonds is 0. The van der Waals surface area contributed by atoms with Crippen molar-refractivity contribution >= 4 is 56.2 Å². The van der Waals surface area contributed by atoms with Gasteiger partial charge in [-0.15, -0.1) is 0 Å². The SMILES string of the molecule is O=C([O-])O.O=C([O-])O.O=C([O-])[O-].[Ca+2].[Na+].[Na+]. The van der Waals surface area contributed by atoms with Gasteiger partial charge < -0.3 is 45.0 Å². The molecule has 0 fully saturated rings. The van der Waals surface area contributed by atoms with Crippen LogP contribution in [0.15, 0.2) is 0 Å². The van der Waals surface area contributed by atoms with E-state index in [-0.39, 0.29) is 96.9 Å². The van der Waals surface area contributed by atoms with Crippen molar-refractivity contribution in [3.63, 3.8) is 0 Å². The van der Waals surface area contributed by atoms with E-state index < -0.39 is 18.5 Å². The molecular formula is C3H2CaNa2O9. The van der Waals surface area contributed by atoms with E-state index in [1.165, 1.54) is 0 Å². The second-order valence-electron chi connectivity index (χ2n) is 0.782. The van der Waals surface area contributed by atoms with Crippen LogP contribution >= 0.6 is 0 Å². The molecule has 0 amide bonds. The second-order valence-corrected chi connectivity index (χ2v) is 0.782. The molecule has 0 bridgehead atoms. The molecule has 9 nitrogen and oxygen atoms in total. The average Bonchev–Trinajstić information content (AvgIpc) is 1.54. The van der Waals surface area contributed by atoms with Gasteiger partial charge in [0.1, 0.15) is 0 Å². The normalized spacial score (nSPS) is 4.80. The summed E-state index contributed by atoms with van der Waals surface area (Å²) in [7, 11) is 0. The van der Waals surface area contributed by atoms with Crippen LogP contribution in [0.4, 0.5) is 14.4 Å². The zero-order valence-corrected chi connectivity index (χ0v) is 14.2. The first-order valence-electron chi connectivity index (χ1n) is 1.88.